The Labute approximate surface area is 260 Å². The molecule has 0 saturated carbocycles. The number of amides is 1. The molecule has 44 heavy (non-hydrogen) atoms. The summed E-state index contributed by atoms with van der Waals surface area (Å²) < 4.78 is 0. The number of hydrogen-bond donors (Lipinski definition) is 5. The summed E-state index contributed by atoms with van der Waals surface area (Å²) in [5.41, 5.74) is 5.32. The third-order valence-corrected chi connectivity index (χ3v) is 10.3. The standard InChI is InChI=1S/C33H36ClN3O7/c1-3-9-36(2)27-21-12-18-11-20-24(28(39)23(18)30(41)33(21,44)31(42)25(29(27)40)32(35)43)22(38)13-19(26(20)34)15-37-10-8-16-6-4-5-7-17(16)14-37/h4-7,13,18,21,27,38,40-41,44H,3,8-12,14-15H2,1-2H3,(H2,35,43)/t18-,21-,27?,33-/m0/s1. The lowest BCUT2D eigenvalue weighted by atomic mass is 9.58. The Bertz CT molecular complexity index is 1670. The van der Waals surface area contributed by atoms with Crippen LogP contribution in [0.1, 0.15) is 52.4 Å². The number of aliphatic hydroxyl groups is 3. The second-order valence-electron chi connectivity index (χ2n) is 12.4. The van der Waals surface area contributed by atoms with E-state index in [2.05, 4.69) is 17.0 Å². The number of nitrogens with zero attached hydrogens (tertiary/aromatic N) is 2. The van der Waals surface area contributed by atoms with Crippen molar-refractivity contribution in [1.29, 1.82) is 0 Å². The van der Waals surface area contributed by atoms with E-state index in [1.54, 1.807) is 11.9 Å². The van der Waals surface area contributed by atoms with Crippen molar-refractivity contribution >= 4 is 29.1 Å². The van der Waals surface area contributed by atoms with Crippen molar-refractivity contribution in [3.8, 4) is 5.75 Å². The minimum absolute atomic E-state index is 0.0197. The highest BCUT2D eigenvalue weighted by Gasteiger charge is 2.63. The molecule has 1 heterocycles. The second-order valence-corrected chi connectivity index (χ2v) is 12.8. The minimum Gasteiger partial charge on any atom is -0.510 e. The largest absolute Gasteiger partial charge is 0.510 e. The first-order valence-corrected chi connectivity index (χ1v) is 15.3. The van der Waals surface area contributed by atoms with Crippen LogP contribution in [-0.4, -0.2) is 79.5 Å². The highest BCUT2D eigenvalue weighted by molar-refractivity contribution is 6.33. The van der Waals surface area contributed by atoms with E-state index in [-0.39, 0.29) is 29.7 Å². The topological polar surface area (TPSA) is 165 Å². The molecule has 0 saturated heterocycles. The average Bonchev–Trinajstić information content (AvgIpc) is 2.97. The van der Waals surface area contributed by atoms with Gasteiger partial charge in [-0.15, -0.1) is 0 Å². The van der Waals surface area contributed by atoms with Gasteiger partial charge < -0.3 is 26.2 Å². The van der Waals surface area contributed by atoms with E-state index in [0.29, 0.717) is 35.7 Å². The molecule has 232 valence electrons. The molecule has 0 aromatic heterocycles. The maximum absolute atomic E-state index is 14.0. The van der Waals surface area contributed by atoms with Crippen LogP contribution in [0.5, 0.6) is 5.75 Å². The molecule has 2 aromatic carbocycles. The van der Waals surface area contributed by atoms with Crippen molar-refractivity contribution < 1.29 is 34.8 Å². The molecular weight excluding hydrogens is 586 g/mol. The fraction of sp³-hybridized carbons (Fsp3) is 0.424. The number of halogens is 1. The van der Waals surface area contributed by atoms with E-state index < -0.39 is 58.0 Å². The summed E-state index contributed by atoms with van der Waals surface area (Å²) in [6, 6.07) is 8.68. The number of aromatic hydroxyl groups is 1. The molecule has 11 heteroatoms. The molecule has 3 aliphatic carbocycles. The number of phenols is 1. The van der Waals surface area contributed by atoms with Crippen molar-refractivity contribution in [2.45, 2.75) is 57.3 Å². The first-order valence-electron chi connectivity index (χ1n) is 14.9. The smallest absolute Gasteiger partial charge is 0.255 e. The van der Waals surface area contributed by atoms with Gasteiger partial charge in [0, 0.05) is 36.1 Å². The summed E-state index contributed by atoms with van der Waals surface area (Å²) in [7, 11) is 1.68. The molecule has 0 fully saturated rings. The zero-order chi connectivity index (χ0) is 31.7. The fourth-order valence-electron chi connectivity index (χ4n) is 7.80. The van der Waals surface area contributed by atoms with E-state index >= 15 is 0 Å². The zero-order valence-corrected chi connectivity index (χ0v) is 25.4. The van der Waals surface area contributed by atoms with Gasteiger partial charge in [0.1, 0.15) is 22.8 Å². The van der Waals surface area contributed by atoms with Crippen LogP contribution >= 0.6 is 11.6 Å². The maximum atomic E-state index is 14.0. The Hall–Kier alpha value is -3.70. The van der Waals surface area contributed by atoms with E-state index in [1.807, 2.05) is 19.1 Å². The Balaban J connectivity index is 1.40. The van der Waals surface area contributed by atoms with Crippen LogP contribution in [0.15, 0.2) is 53.0 Å². The molecule has 2 aromatic rings. The Morgan fingerprint density at radius 3 is 2.57 bits per heavy atom. The number of carbonyl (C=O) groups is 3. The van der Waals surface area contributed by atoms with Crippen molar-refractivity contribution in [2.24, 2.45) is 17.6 Å². The number of ketones is 2. The highest BCUT2D eigenvalue weighted by Crippen LogP contribution is 2.53. The molecular formula is C33H36ClN3O7. The van der Waals surface area contributed by atoms with Crippen LogP contribution in [0.25, 0.3) is 0 Å². The summed E-state index contributed by atoms with van der Waals surface area (Å²) in [5, 5.41) is 46.0. The number of aliphatic hydroxyl groups excluding tert-OH is 2. The molecule has 6 rings (SSSR count). The predicted octanol–water partition coefficient (Wildman–Crippen LogP) is 3.11. The van der Waals surface area contributed by atoms with Gasteiger partial charge in [-0.3, -0.25) is 24.2 Å². The number of benzene rings is 2. The van der Waals surface area contributed by atoms with Crippen molar-refractivity contribution in [1.82, 2.24) is 9.80 Å². The summed E-state index contributed by atoms with van der Waals surface area (Å²) in [5.74, 6) is -6.77. The predicted molar refractivity (Wildman–Crippen MR) is 162 cm³/mol. The molecule has 0 spiro atoms. The number of Topliss-reactive ketones (excluding diaryl/α,β-unsaturated/α-hetero) is 2. The molecule has 4 atom stereocenters. The van der Waals surface area contributed by atoms with E-state index in [1.165, 1.54) is 17.2 Å². The van der Waals surface area contributed by atoms with Gasteiger partial charge in [-0.25, -0.2) is 0 Å². The molecule has 1 amide bonds. The third-order valence-electron chi connectivity index (χ3n) is 9.83. The van der Waals surface area contributed by atoms with Crippen LogP contribution in [-0.2, 0) is 35.5 Å². The quantitative estimate of drug-likeness (QED) is 0.305. The first kappa shape index (κ1) is 30.3. The van der Waals surface area contributed by atoms with Crippen LogP contribution in [0, 0.1) is 11.8 Å². The first-order chi connectivity index (χ1) is 20.9. The van der Waals surface area contributed by atoms with Crippen LogP contribution < -0.4 is 5.73 Å². The summed E-state index contributed by atoms with van der Waals surface area (Å²) >= 11 is 6.96. The second kappa shape index (κ2) is 11.0. The van der Waals surface area contributed by atoms with Gasteiger partial charge in [0.2, 0.25) is 5.78 Å². The number of rotatable bonds is 6. The number of nitrogens with two attached hydrogens (primary N) is 1. The Kier molecular flexibility index (Phi) is 7.60. The number of fused-ring (bicyclic) bond motifs is 4. The molecule has 1 unspecified atom stereocenters. The van der Waals surface area contributed by atoms with Gasteiger partial charge >= 0.3 is 0 Å². The third kappa shape index (κ3) is 4.46. The SMILES string of the molecule is CCCN(C)C1C(O)=C(C(N)=O)C(=O)[C@@]2(O)C(O)=C3C(=O)c4c(O)cc(CN5CCc6ccccc6C5)c(Cl)c4C[C@H]3C[C@@H]12. The van der Waals surface area contributed by atoms with Crippen molar-refractivity contribution in [2.75, 3.05) is 20.1 Å². The van der Waals surface area contributed by atoms with Crippen molar-refractivity contribution in [3.63, 3.8) is 0 Å². The van der Waals surface area contributed by atoms with E-state index in [0.717, 1.165) is 19.5 Å². The number of likely N-dealkylation sites (N-methyl/N-ethyl adjacent to an activating group) is 1. The van der Waals surface area contributed by atoms with Gasteiger partial charge in [-0.05, 0) is 73.5 Å². The number of carbonyl (C=O) groups excluding carboxylic acids is 3. The number of phenolic OH excluding ortho intramolecular Hbond substituents is 1. The summed E-state index contributed by atoms with van der Waals surface area (Å²) in [4.78, 5) is 43.7. The lowest BCUT2D eigenvalue weighted by molar-refractivity contribution is -0.149. The summed E-state index contributed by atoms with van der Waals surface area (Å²) in [6.07, 6.45) is 1.72. The zero-order valence-electron chi connectivity index (χ0n) is 24.6. The number of allylic oxidation sites excluding steroid dienone is 1. The Morgan fingerprint density at radius 2 is 1.89 bits per heavy atom. The van der Waals surface area contributed by atoms with E-state index in [9.17, 15) is 34.8 Å². The molecule has 0 bridgehead atoms. The van der Waals surface area contributed by atoms with Gasteiger partial charge in [-0.1, -0.05) is 42.8 Å². The lowest BCUT2D eigenvalue weighted by Gasteiger charge is -2.50. The number of hydrogen-bond acceptors (Lipinski definition) is 9. The van der Waals surface area contributed by atoms with Crippen LogP contribution in [0.4, 0.5) is 0 Å². The molecule has 1 aliphatic heterocycles. The van der Waals surface area contributed by atoms with Gasteiger partial charge in [0.15, 0.2) is 11.4 Å². The van der Waals surface area contributed by atoms with Crippen molar-refractivity contribution in [3.05, 3.63) is 85.8 Å². The molecule has 10 nitrogen and oxygen atoms in total. The molecule has 0 radical (unpaired) electrons. The minimum atomic E-state index is -2.67. The molecule has 4 aliphatic rings. The van der Waals surface area contributed by atoms with Crippen LogP contribution in [0.3, 0.4) is 0 Å². The van der Waals surface area contributed by atoms with Gasteiger partial charge in [0.05, 0.1) is 11.6 Å². The van der Waals surface area contributed by atoms with Gasteiger partial charge in [0.25, 0.3) is 5.91 Å². The van der Waals surface area contributed by atoms with Crippen LogP contribution in [0.2, 0.25) is 5.02 Å². The number of primary amides is 1. The lowest BCUT2D eigenvalue weighted by Crippen LogP contribution is -2.64. The van der Waals surface area contributed by atoms with Gasteiger partial charge in [-0.2, -0.15) is 0 Å². The van der Waals surface area contributed by atoms with E-state index in [4.69, 9.17) is 17.3 Å². The summed E-state index contributed by atoms with van der Waals surface area (Å²) in [6.45, 7) is 4.33. The maximum Gasteiger partial charge on any atom is 0.255 e. The average molecular weight is 622 g/mol. The fourth-order valence-corrected chi connectivity index (χ4v) is 8.09. The highest BCUT2D eigenvalue weighted by atomic mass is 35.5. The normalized spacial score (nSPS) is 26.8. The molecule has 6 N–H and O–H groups in total. The Morgan fingerprint density at radius 1 is 1.18 bits per heavy atom. The monoisotopic (exact) mass is 621 g/mol.